The van der Waals surface area contributed by atoms with E-state index in [-0.39, 0.29) is 5.75 Å². The van der Waals surface area contributed by atoms with Crippen LogP contribution in [0, 0.1) is 0 Å². The fraction of sp³-hybridized carbons (Fsp3) is 0. The molecule has 0 aliphatic carbocycles. The SMILES string of the molecule is O=c1nc2c(Cl)ccc(O)c2c(-c2ccccc2)[nH]1. The van der Waals surface area contributed by atoms with Crippen LogP contribution in [0.15, 0.2) is 47.3 Å². The summed E-state index contributed by atoms with van der Waals surface area (Å²) in [7, 11) is 0. The second-order valence-corrected chi connectivity index (χ2v) is 4.48. The Hall–Kier alpha value is -2.33. The van der Waals surface area contributed by atoms with Gasteiger partial charge in [0, 0.05) is 0 Å². The van der Waals surface area contributed by atoms with Crippen LogP contribution in [-0.4, -0.2) is 15.1 Å². The van der Waals surface area contributed by atoms with Gasteiger partial charge in [0.25, 0.3) is 0 Å². The van der Waals surface area contributed by atoms with Crippen molar-refractivity contribution < 1.29 is 5.11 Å². The van der Waals surface area contributed by atoms with Gasteiger partial charge in [-0.15, -0.1) is 0 Å². The van der Waals surface area contributed by atoms with Gasteiger partial charge < -0.3 is 10.1 Å². The van der Waals surface area contributed by atoms with Crippen molar-refractivity contribution in [2.24, 2.45) is 0 Å². The first kappa shape index (κ1) is 11.7. The third kappa shape index (κ3) is 1.96. The number of phenols is 1. The topological polar surface area (TPSA) is 66.0 Å². The maximum absolute atomic E-state index is 11.6. The number of aromatic amines is 1. The number of aromatic hydroxyl groups is 1. The minimum absolute atomic E-state index is 0.0296. The molecule has 0 radical (unpaired) electrons. The fourth-order valence-corrected chi connectivity index (χ4v) is 2.23. The van der Waals surface area contributed by atoms with E-state index in [1.54, 1.807) is 0 Å². The molecule has 1 heterocycles. The molecular weight excluding hydrogens is 264 g/mol. The molecule has 0 aliphatic heterocycles. The minimum atomic E-state index is -0.501. The van der Waals surface area contributed by atoms with E-state index in [0.29, 0.717) is 21.6 Å². The zero-order chi connectivity index (χ0) is 13.4. The smallest absolute Gasteiger partial charge is 0.346 e. The first-order valence-electron chi connectivity index (χ1n) is 5.64. The Morgan fingerprint density at radius 2 is 1.84 bits per heavy atom. The summed E-state index contributed by atoms with van der Waals surface area (Å²) < 4.78 is 0. The van der Waals surface area contributed by atoms with Gasteiger partial charge in [-0.1, -0.05) is 41.9 Å². The van der Waals surface area contributed by atoms with E-state index >= 15 is 0 Å². The quantitative estimate of drug-likeness (QED) is 0.716. The van der Waals surface area contributed by atoms with Gasteiger partial charge >= 0.3 is 5.69 Å². The lowest BCUT2D eigenvalue weighted by molar-refractivity contribution is 0.481. The maximum atomic E-state index is 11.6. The number of fused-ring (bicyclic) bond motifs is 1. The number of aromatic nitrogens is 2. The summed E-state index contributed by atoms with van der Waals surface area (Å²) in [5.74, 6) is 0.0296. The highest BCUT2D eigenvalue weighted by Crippen LogP contribution is 2.34. The van der Waals surface area contributed by atoms with Crippen LogP contribution in [-0.2, 0) is 0 Å². The summed E-state index contributed by atoms with van der Waals surface area (Å²) >= 11 is 6.03. The lowest BCUT2D eigenvalue weighted by atomic mass is 10.1. The Balaban J connectivity index is 2.49. The van der Waals surface area contributed by atoms with Crippen molar-refractivity contribution in [1.29, 1.82) is 0 Å². The van der Waals surface area contributed by atoms with Gasteiger partial charge in [0.1, 0.15) is 11.3 Å². The molecule has 2 N–H and O–H groups in total. The minimum Gasteiger partial charge on any atom is -0.507 e. The summed E-state index contributed by atoms with van der Waals surface area (Å²) in [6, 6.07) is 12.2. The Morgan fingerprint density at radius 1 is 1.11 bits per heavy atom. The Morgan fingerprint density at radius 3 is 2.58 bits per heavy atom. The molecule has 0 spiro atoms. The highest BCUT2D eigenvalue weighted by molar-refractivity contribution is 6.35. The molecular formula is C14H9ClN2O2. The number of benzene rings is 2. The molecule has 2 aromatic carbocycles. The molecule has 0 aliphatic rings. The van der Waals surface area contributed by atoms with E-state index in [4.69, 9.17) is 11.6 Å². The van der Waals surface area contributed by atoms with E-state index in [9.17, 15) is 9.90 Å². The first-order valence-corrected chi connectivity index (χ1v) is 6.01. The molecule has 3 rings (SSSR count). The third-order valence-corrected chi connectivity index (χ3v) is 3.17. The molecule has 0 saturated heterocycles. The molecule has 0 amide bonds. The third-order valence-electron chi connectivity index (χ3n) is 2.86. The molecule has 5 heteroatoms. The van der Waals surface area contributed by atoms with Crippen LogP contribution in [0.4, 0.5) is 0 Å². The standard InChI is InChI=1S/C14H9ClN2O2/c15-9-6-7-10(18)11-12(8-4-2-1-3-5-8)16-14(19)17-13(9)11/h1-7,18H,(H,16,17,19). The van der Waals surface area contributed by atoms with Crippen LogP contribution < -0.4 is 5.69 Å². The lowest BCUT2D eigenvalue weighted by Crippen LogP contribution is -2.11. The average molecular weight is 273 g/mol. The molecule has 3 aromatic rings. The van der Waals surface area contributed by atoms with E-state index in [0.717, 1.165) is 5.56 Å². The molecule has 0 fully saturated rings. The van der Waals surface area contributed by atoms with E-state index in [1.807, 2.05) is 30.3 Å². The van der Waals surface area contributed by atoms with Gasteiger partial charge in [-0.05, 0) is 17.7 Å². The Bertz CT molecular complexity index is 813. The van der Waals surface area contributed by atoms with Gasteiger partial charge in [0.2, 0.25) is 0 Å². The zero-order valence-electron chi connectivity index (χ0n) is 9.72. The number of hydrogen-bond donors (Lipinski definition) is 2. The zero-order valence-corrected chi connectivity index (χ0v) is 10.5. The summed E-state index contributed by atoms with van der Waals surface area (Å²) in [5, 5.41) is 10.8. The molecule has 0 bridgehead atoms. The van der Waals surface area contributed by atoms with Crippen LogP contribution in [0.5, 0.6) is 5.75 Å². The van der Waals surface area contributed by atoms with E-state index < -0.39 is 5.69 Å². The molecule has 19 heavy (non-hydrogen) atoms. The van der Waals surface area contributed by atoms with E-state index in [2.05, 4.69) is 9.97 Å². The highest BCUT2D eigenvalue weighted by Gasteiger charge is 2.13. The number of halogens is 1. The van der Waals surface area contributed by atoms with Crippen LogP contribution in [0.3, 0.4) is 0 Å². The number of nitrogens with zero attached hydrogens (tertiary/aromatic N) is 1. The van der Waals surface area contributed by atoms with Crippen molar-refractivity contribution in [3.63, 3.8) is 0 Å². The van der Waals surface area contributed by atoms with Gasteiger partial charge in [-0.3, -0.25) is 0 Å². The summed E-state index contributed by atoms with van der Waals surface area (Å²) in [6.45, 7) is 0. The summed E-state index contributed by atoms with van der Waals surface area (Å²) in [5.41, 5.74) is 1.09. The van der Waals surface area contributed by atoms with Crippen LogP contribution >= 0.6 is 11.6 Å². The number of nitrogens with one attached hydrogen (secondary N) is 1. The first-order chi connectivity index (χ1) is 9.16. The van der Waals surface area contributed by atoms with Gasteiger partial charge in [0.15, 0.2) is 0 Å². The largest absolute Gasteiger partial charge is 0.507 e. The second kappa shape index (κ2) is 4.40. The Labute approximate surface area is 113 Å². The van der Waals surface area contributed by atoms with E-state index in [1.165, 1.54) is 12.1 Å². The molecule has 0 atom stereocenters. The maximum Gasteiger partial charge on any atom is 0.346 e. The number of hydrogen-bond acceptors (Lipinski definition) is 3. The second-order valence-electron chi connectivity index (χ2n) is 4.07. The van der Waals surface area contributed by atoms with Crippen molar-refractivity contribution in [2.75, 3.05) is 0 Å². The predicted octanol–water partition coefficient (Wildman–Crippen LogP) is 2.95. The molecule has 94 valence electrons. The predicted molar refractivity (Wildman–Crippen MR) is 74.5 cm³/mol. The number of H-pyrrole nitrogens is 1. The Kier molecular flexibility index (Phi) is 2.72. The summed E-state index contributed by atoms with van der Waals surface area (Å²) in [4.78, 5) is 18.1. The van der Waals surface area contributed by atoms with Gasteiger partial charge in [-0.25, -0.2) is 4.79 Å². The van der Waals surface area contributed by atoms with Crippen LogP contribution in [0.2, 0.25) is 5.02 Å². The molecule has 4 nitrogen and oxygen atoms in total. The van der Waals surface area contributed by atoms with Crippen molar-refractivity contribution in [2.45, 2.75) is 0 Å². The average Bonchev–Trinajstić information content (AvgIpc) is 2.43. The van der Waals surface area contributed by atoms with Gasteiger partial charge in [-0.2, -0.15) is 4.98 Å². The van der Waals surface area contributed by atoms with Crippen molar-refractivity contribution in [3.8, 4) is 17.0 Å². The van der Waals surface area contributed by atoms with Crippen molar-refractivity contribution >= 4 is 22.5 Å². The normalized spacial score (nSPS) is 10.8. The van der Waals surface area contributed by atoms with Crippen molar-refractivity contribution in [3.05, 3.63) is 58.0 Å². The van der Waals surface area contributed by atoms with Crippen LogP contribution in [0.25, 0.3) is 22.2 Å². The van der Waals surface area contributed by atoms with Gasteiger partial charge in [0.05, 0.1) is 16.1 Å². The lowest BCUT2D eigenvalue weighted by Gasteiger charge is -2.08. The number of phenolic OH excluding ortho intramolecular Hbond substituents is 1. The number of rotatable bonds is 1. The molecule has 0 unspecified atom stereocenters. The molecule has 0 saturated carbocycles. The molecule has 1 aromatic heterocycles. The van der Waals surface area contributed by atoms with Crippen LogP contribution in [0.1, 0.15) is 0 Å². The highest BCUT2D eigenvalue weighted by atomic mass is 35.5. The summed E-state index contributed by atoms with van der Waals surface area (Å²) in [6.07, 6.45) is 0. The monoisotopic (exact) mass is 272 g/mol. The fourth-order valence-electron chi connectivity index (χ4n) is 2.03. The van der Waals surface area contributed by atoms with Crippen molar-refractivity contribution in [1.82, 2.24) is 9.97 Å².